The van der Waals surface area contributed by atoms with Gasteiger partial charge >= 0.3 is 5.97 Å². The molecule has 0 saturated carbocycles. The van der Waals surface area contributed by atoms with Crippen LogP contribution >= 0.6 is 0 Å². The molecule has 0 aliphatic rings. The average Bonchev–Trinajstić information content (AvgIpc) is 2.48. The summed E-state index contributed by atoms with van der Waals surface area (Å²) < 4.78 is 5.55. The van der Waals surface area contributed by atoms with Gasteiger partial charge in [0.05, 0.1) is 17.3 Å². The van der Waals surface area contributed by atoms with Crippen LogP contribution in [-0.4, -0.2) is 21.0 Å². The van der Waals surface area contributed by atoms with Gasteiger partial charge < -0.3 is 9.84 Å². The summed E-state index contributed by atoms with van der Waals surface area (Å²) in [6.45, 7) is 0. The molecule has 0 aliphatic carbocycles. The van der Waals surface area contributed by atoms with Gasteiger partial charge in [-0.25, -0.2) is 9.78 Å². The standard InChI is InChI=1S/C15H10N2O3/c18-15(19)11-5-6-14(17-8-11)20-12-7-10-3-1-2-4-13(10)16-9-12/h1-9H,(H,18,19). The number of carboxylic acid groups (broad SMARTS) is 1. The smallest absolute Gasteiger partial charge is 0.337 e. The van der Waals surface area contributed by atoms with Gasteiger partial charge in [-0.15, -0.1) is 0 Å². The molecule has 2 aromatic heterocycles. The van der Waals surface area contributed by atoms with Crippen molar-refractivity contribution in [1.29, 1.82) is 0 Å². The average molecular weight is 266 g/mol. The van der Waals surface area contributed by atoms with Crippen molar-refractivity contribution in [2.24, 2.45) is 0 Å². The van der Waals surface area contributed by atoms with E-state index in [0.29, 0.717) is 11.6 Å². The van der Waals surface area contributed by atoms with Gasteiger partial charge in [-0.05, 0) is 18.2 Å². The minimum Gasteiger partial charge on any atom is -0.478 e. The molecule has 5 heteroatoms. The quantitative estimate of drug-likeness (QED) is 0.788. The van der Waals surface area contributed by atoms with E-state index in [2.05, 4.69) is 9.97 Å². The molecule has 0 fully saturated rings. The molecule has 0 aliphatic heterocycles. The van der Waals surface area contributed by atoms with Crippen molar-refractivity contribution in [3.63, 3.8) is 0 Å². The van der Waals surface area contributed by atoms with E-state index in [1.165, 1.54) is 18.3 Å². The lowest BCUT2D eigenvalue weighted by Gasteiger charge is -2.05. The van der Waals surface area contributed by atoms with Gasteiger partial charge in [0.1, 0.15) is 5.75 Å². The maximum Gasteiger partial charge on any atom is 0.337 e. The first kappa shape index (κ1) is 12.1. The molecule has 3 rings (SSSR count). The Bertz CT molecular complexity index is 769. The molecular weight excluding hydrogens is 256 g/mol. The first-order chi connectivity index (χ1) is 9.72. The summed E-state index contributed by atoms with van der Waals surface area (Å²) >= 11 is 0. The van der Waals surface area contributed by atoms with Crippen LogP contribution < -0.4 is 4.74 Å². The zero-order chi connectivity index (χ0) is 13.9. The highest BCUT2D eigenvalue weighted by Gasteiger charge is 2.05. The maximum atomic E-state index is 10.7. The Morgan fingerprint density at radius 1 is 1.05 bits per heavy atom. The third kappa shape index (κ3) is 2.42. The first-order valence-corrected chi connectivity index (χ1v) is 5.94. The highest BCUT2D eigenvalue weighted by Crippen LogP contribution is 2.22. The molecule has 0 bridgehead atoms. The Labute approximate surface area is 114 Å². The molecule has 20 heavy (non-hydrogen) atoms. The maximum absolute atomic E-state index is 10.7. The lowest BCUT2D eigenvalue weighted by atomic mass is 10.2. The van der Waals surface area contributed by atoms with E-state index < -0.39 is 5.97 Å². The monoisotopic (exact) mass is 266 g/mol. The Kier molecular flexibility index (Phi) is 3.01. The van der Waals surface area contributed by atoms with Crippen molar-refractivity contribution >= 4 is 16.9 Å². The van der Waals surface area contributed by atoms with E-state index in [9.17, 15) is 4.79 Å². The van der Waals surface area contributed by atoms with Gasteiger partial charge in [-0.2, -0.15) is 0 Å². The lowest BCUT2D eigenvalue weighted by molar-refractivity contribution is 0.0696. The lowest BCUT2D eigenvalue weighted by Crippen LogP contribution is -1.97. The number of carbonyl (C=O) groups is 1. The molecule has 3 aromatic rings. The number of pyridine rings is 2. The highest BCUT2D eigenvalue weighted by molar-refractivity contribution is 5.87. The Morgan fingerprint density at radius 3 is 2.65 bits per heavy atom. The Morgan fingerprint density at radius 2 is 1.90 bits per heavy atom. The molecule has 0 saturated heterocycles. The van der Waals surface area contributed by atoms with Crippen LogP contribution in [0.2, 0.25) is 0 Å². The second-order valence-corrected chi connectivity index (χ2v) is 4.16. The largest absolute Gasteiger partial charge is 0.478 e. The van der Waals surface area contributed by atoms with Crippen LogP contribution in [0, 0.1) is 0 Å². The minimum atomic E-state index is -1.02. The van der Waals surface area contributed by atoms with Crippen LogP contribution in [-0.2, 0) is 0 Å². The number of benzene rings is 1. The number of carboxylic acids is 1. The van der Waals surface area contributed by atoms with Crippen molar-refractivity contribution in [2.45, 2.75) is 0 Å². The van der Waals surface area contributed by atoms with E-state index in [0.717, 1.165) is 10.9 Å². The number of para-hydroxylation sites is 1. The minimum absolute atomic E-state index is 0.119. The van der Waals surface area contributed by atoms with Gasteiger partial charge in [0.25, 0.3) is 0 Å². The van der Waals surface area contributed by atoms with E-state index in [1.54, 1.807) is 6.20 Å². The third-order valence-electron chi connectivity index (χ3n) is 2.77. The molecule has 1 aromatic carbocycles. The fourth-order valence-corrected chi connectivity index (χ4v) is 1.79. The topological polar surface area (TPSA) is 72.3 Å². The number of aromatic carboxylic acids is 1. The summed E-state index contributed by atoms with van der Waals surface area (Å²) in [4.78, 5) is 18.9. The molecule has 2 heterocycles. The van der Waals surface area contributed by atoms with Gasteiger partial charge in [-0.3, -0.25) is 4.98 Å². The molecule has 0 unspecified atom stereocenters. The zero-order valence-corrected chi connectivity index (χ0v) is 10.4. The number of aromatic nitrogens is 2. The predicted molar refractivity (Wildman–Crippen MR) is 73.0 cm³/mol. The summed E-state index contributed by atoms with van der Waals surface area (Å²) in [5.74, 6) is -0.136. The van der Waals surface area contributed by atoms with E-state index in [4.69, 9.17) is 9.84 Å². The SMILES string of the molecule is O=C(O)c1ccc(Oc2cnc3ccccc3c2)nc1. The number of rotatable bonds is 3. The fourth-order valence-electron chi connectivity index (χ4n) is 1.79. The highest BCUT2D eigenvalue weighted by atomic mass is 16.5. The summed E-state index contributed by atoms with van der Waals surface area (Å²) in [7, 11) is 0. The Balaban J connectivity index is 1.87. The van der Waals surface area contributed by atoms with Crippen molar-refractivity contribution in [2.75, 3.05) is 0 Å². The van der Waals surface area contributed by atoms with Crippen LogP contribution in [0.15, 0.2) is 54.9 Å². The van der Waals surface area contributed by atoms with Gasteiger partial charge in [-0.1, -0.05) is 18.2 Å². The molecule has 0 amide bonds. The van der Waals surface area contributed by atoms with E-state index in [1.807, 2.05) is 30.3 Å². The first-order valence-electron chi connectivity index (χ1n) is 5.94. The number of nitrogens with zero attached hydrogens (tertiary/aromatic N) is 2. The molecule has 5 nitrogen and oxygen atoms in total. The summed E-state index contributed by atoms with van der Waals surface area (Å²) in [5.41, 5.74) is 1.00. The second kappa shape index (κ2) is 4.97. The molecule has 0 atom stereocenters. The predicted octanol–water partition coefficient (Wildman–Crippen LogP) is 3.12. The van der Waals surface area contributed by atoms with Crippen molar-refractivity contribution in [3.05, 3.63) is 60.4 Å². The van der Waals surface area contributed by atoms with Crippen LogP contribution in [0.4, 0.5) is 0 Å². The van der Waals surface area contributed by atoms with Crippen LogP contribution in [0.5, 0.6) is 11.6 Å². The van der Waals surface area contributed by atoms with Crippen LogP contribution in [0.1, 0.15) is 10.4 Å². The number of ether oxygens (including phenoxy) is 1. The Hall–Kier alpha value is -2.95. The summed E-state index contributed by atoms with van der Waals surface area (Å²) in [5, 5.41) is 9.76. The number of fused-ring (bicyclic) bond motifs is 1. The van der Waals surface area contributed by atoms with Crippen LogP contribution in [0.25, 0.3) is 10.9 Å². The second-order valence-electron chi connectivity index (χ2n) is 4.16. The van der Waals surface area contributed by atoms with Crippen LogP contribution in [0.3, 0.4) is 0 Å². The van der Waals surface area contributed by atoms with Gasteiger partial charge in [0.15, 0.2) is 0 Å². The van der Waals surface area contributed by atoms with Crippen molar-refractivity contribution in [3.8, 4) is 11.6 Å². The number of hydrogen-bond donors (Lipinski definition) is 1. The molecule has 0 radical (unpaired) electrons. The van der Waals surface area contributed by atoms with Crippen molar-refractivity contribution in [1.82, 2.24) is 9.97 Å². The summed E-state index contributed by atoms with van der Waals surface area (Å²) in [6.07, 6.45) is 2.86. The van der Waals surface area contributed by atoms with Gasteiger partial charge in [0.2, 0.25) is 5.88 Å². The van der Waals surface area contributed by atoms with E-state index in [-0.39, 0.29) is 5.56 Å². The number of hydrogen-bond acceptors (Lipinski definition) is 4. The van der Waals surface area contributed by atoms with E-state index >= 15 is 0 Å². The molecule has 0 spiro atoms. The zero-order valence-electron chi connectivity index (χ0n) is 10.4. The third-order valence-corrected chi connectivity index (χ3v) is 2.77. The molecule has 98 valence electrons. The summed E-state index contributed by atoms with van der Waals surface area (Å²) in [6, 6.07) is 12.5. The molecular formula is C15H10N2O3. The fraction of sp³-hybridized carbons (Fsp3) is 0. The normalized spacial score (nSPS) is 10.4. The molecule has 1 N–H and O–H groups in total. The van der Waals surface area contributed by atoms with Crippen molar-refractivity contribution < 1.29 is 14.6 Å². The van der Waals surface area contributed by atoms with Gasteiger partial charge in [0, 0.05) is 17.6 Å².